The summed E-state index contributed by atoms with van der Waals surface area (Å²) < 4.78 is 0. The Morgan fingerprint density at radius 3 is 2.00 bits per heavy atom. The Kier molecular flexibility index (Phi) is 4.08. The number of hydrogen-bond donors (Lipinski definition) is 0. The molecule has 0 atom stereocenters. The molecule has 0 spiro atoms. The van der Waals surface area contributed by atoms with Crippen LogP contribution in [0, 0.1) is 0 Å². The lowest BCUT2D eigenvalue weighted by Gasteiger charge is -2.10. The van der Waals surface area contributed by atoms with Crippen molar-refractivity contribution >= 4 is 28.0 Å². The first-order valence-corrected chi connectivity index (χ1v) is 7.52. The minimum atomic E-state index is 0.507. The summed E-state index contributed by atoms with van der Waals surface area (Å²) in [7, 11) is 0. The molecule has 2 heteroatoms. The zero-order valence-electron chi connectivity index (χ0n) is 12.4. The van der Waals surface area contributed by atoms with Crippen molar-refractivity contribution in [3.8, 4) is 0 Å². The highest BCUT2D eigenvalue weighted by molar-refractivity contribution is 6.70. The molecule has 22 heavy (non-hydrogen) atoms. The number of aliphatic imine (C=N–C) groups is 1. The molecule has 0 aliphatic carbocycles. The van der Waals surface area contributed by atoms with Gasteiger partial charge in [0.2, 0.25) is 0 Å². The quantitative estimate of drug-likeness (QED) is 0.674. The zero-order chi connectivity index (χ0) is 15.5. The molecular weight excluding hydrogens is 290 g/mol. The number of allylic oxidation sites excluding steroid dienone is 4. The summed E-state index contributed by atoms with van der Waals surface area (Å²) in [5.41, 5.74) is 5.87. The third-order valence-corrected chi connectivity index (χ3v) is 4.04. The molecule has 0 saturated carbocycles. The minimum Gasteiger partial charge on any atom is -0.236 e. The van der Waals surface area contributed by atoms with E-state index < -0.39 is 0 Å². The Labute approximate surface area is 136 Å². The fraction of sp³-hybridized carbons (Fsp3) is 0.0500. The molecule has 108 valence electrons. The number of halogens is 1. The van der Waals surface area contributed by atoms with Gasteiger partial charge in [0.1, 0.15) is 5.17 Å². The molecule has 2 aromatic rings. The van der Waals surface area contributed by atoms with Crippen molar-refractivity contribution in [2.75, 3.05) is 0 Å². The zero-order valence-corrected chi connectivity index (χ0v) is 13.1. The molecule has 1 nitrogen and oxygen atoms in total. The number of nitrogens with zero attached hydrogens (tertiary/aromatic N) is 1. The van der Waals surface area contributed by atoms with E-state index in [0.29, 0.717) is 5.17 Å². The summed E-state index contributed by atoms with van der Waals surface area (Å²) in [5, 5.41) is 0.507. The predicted molar refractivity (Wildman–Crippen MR) is 95.9 cm³/mol. The molecule has 2 aromatic carbocycles. The molecule has 3 rings (SSSR count). The van der Waals surface area contributed by atoms with Gasteiger partial charge < -0.3 is 0 Å². The van der Waals surface area contributed by atoms with Crippen LogP contribution in [0.5, 0.6) is 0 Å². The smallest absolute Gasteiger partial charge is 0.133 e. The van der Waals surface area contributed by atoms with Crippen LogP contribution in [-0.4, -0.2) is 5.17 Å². The molecule has 0 N–H and O–H groups in total. The first-order chi connectivity index (χ1) is 10.7. The van der Waals surface area contributed by atoms with Crippen molar-refractivity contribution in [2.24, 2.45) is 4.99 Å². The summed E-state index contributed by atoms with van der Waals surface area (Å²) in [5.74, 6) is 0. The predicted octanol–water partition coefficient (Wildman–Crippen LogP) is 5.71. The van der Waals surface area contributed by atoms with E-state index in [0.717, 1.165) is 33.5 Å². The monoisotopic (exact) mass is 305 g/mol. The molecule has 1 aliphatic heterocycles. The van der Waals surface area contributed by atoms with E-state index in [9.17, 15) is 0 Å². The Hall–Kier alpha value is -2.38. The van der Waals surface area contributed by atoms with E-state index in [2.05, 4.69) is 23.7 Å². The van der Waals surface area contributed by atoms with Crippen LogP contribution in [0.3, 0.4) is 0 Å². The Morgan fingerprint density at radius 1 is 0.864 bits per heavy atom. The van der Waals surface area contributed by atoms with Gasteiger partial charge in [0.05, 0.1) is 5.70 Å². The van der Waals surface area contributed by atoms with Gasteiger partial charge in [-0.25, -0.2) is 4.99 Å². The number of benzene rings is 2. The van der Waals surface area contributed by atoms with Gasteiger partial charge in [-0.15, -0.1) is 0 Å². The molecule has 0 unspecified atom stereocenters. The van der Waals surface area contributed by atoms with Gasteiger partial charge in [0, 0.05) is 5.56 Å². The second-order valence-electron chi connectivity index (χ2n) is 5.19. The van der Waals surface area contributed by atoms with Gasteiger partial charge >= 0.3 is 0 Å². The van der Waals surface area contributed by atoms with E-state index in [1.54, 1.807) is 0 Å². The molecule has 0 saturated heterocycles. The summed E-state index contributed by atoms with van der Waals surface area (Å²) in [6.07, 6.45) is 2.00. The van der Waals surface area contributed by atoms with Crippen LogP contribution in [0.25, 0.3) is 11.3 Å². The van der Waals surface area contributed by atoms with Crippen molar-refractivity contribution in [1.29, 1.82) is 0 Å². The van der Waals surface area contributed by atoms with Gasteiger partial charge in [0.25, 0.3) is 0 Å². The van der Waals surface area contributed by atoms with Crippen molar-refractivity contribution in [3.05, 3.63) is 95.6 Å². The van der Waals surface area contributed by atoms with Crippen LogP contribution in [0.4, 0.5) is 0 Å². The fourth-order valence-electron chi connectivity index (χ4n) is 2.57. The van der Waals surface area contributed by atoms with Crippen molar-refractivity contribution in [3.63, 3.8) is 0 Å². The summed E-state index contributed by atoms with van der Waals surface area (Å²) in [6.45, 7) is 6.21. The summed E-state index contributed by atoms with van der Waals surface area (Å²) >= 11 is 6.44. The highest BCUT2D eigenvalue weighted by Crippen LogP contribution is 2.33. The fourth-order valence-corrected chi connectivity index (χ4v) is 2.75. The normalized spacial score (nSPS) is 15.3. The topological polar surface area (TPSA) is 12.4 Å². The van der Waals surface area contributed by atoms with Gasteiger partial charge in [-0.1, -0.05) is 78.8 Å². The van der Waals surface area contributed by atoms with E-state index in [-0.39, 0.29) is 0 Å². The highest BCUT2D eigenvalue weighted by atomic mass is 35.5. The van der Waals surface area contributed by atoms with E-state index in [1.165, 1.54) is 0 Å². The van der Waals surface area contributed by atoms with E-state index >= 15 is 0 Å². The van der Waals surface area contributed by atoms with Crippen LogP contribution in [-0.2, 0) is 0 Å². The largest absolute Gasteiger partial charge is 0.236 e. The standard InChI is InChI=1S/C20H16ClN/c1-14-13-18(16-9-5-3-6-10-16)22-20(21)15(2)19(14)17-11-7-4-8-12-17/h3-13H,1H2,2H3. The van der Waals surface area contributed by atoms with Crippen LogP contribution >= 0.6 is 11.6 Å². The minimum absolute atomic E-state index is 0.507. The first-order valence-electron chi connectivity index (χ1n) is 7.14. The molecule has 0 aromatic heterocycles. The lowest BCUT2D eigenvalue weighted by Crippen LogP contribution is -1.95. The van der Waals surface area contributed by atoms with Gasteiger partial charge in [-0.2, -0.15) is 0 Å². The van der Waals surface area contributed by atoms with Gasteiger partial charge in [-0.3, -0.25) is 0 Å². The molecule has 1 heterocycles. The lowest BCUT2D eigenvalue weighted by atomic mass is 9.94. The number of rotatable bonds is 2. The Morgan fingerprint density at radius 2 is 1.41 bits per heavy atom. The van der Waals surface area contributed by atoms with Crippen molar-refractivity contribution in [1.82, 2.24) is 0 Å². The summed E-state index contributed by atoms with van der Waals surface area (Å²) in [4.78, 5) is 4.58. The molecule has 1 aliphatic rings. The van der Waals surface area contributed by atoms with E-state index in [4.69, 9.17) is 11.6 Å². The summed E-state index contributed by atoms with van der Waals surface area (Å²) in [6, 6.07) is 20.2. The van der Waals surface area contributed by atoms with Crippen LogP contribution in [0.1, 0.15) is 18.1 Å². The SMILES string of the molecule is C=C1C=C(c2ccccc2)N=C(Cl)C(C)=C1c1ccccc1. The maximum Gasteiger partial charge on any atom is 0.133 e. The van der Waals surface area contributed by atoms with Crippen LogP contribution < -0.4 is 0 Å². The van der Waals surface area contributed by atoms with Gasteiger partial charge in [0.15, 0.2) is 0 Å². The maximum atomic E-state index is 6.44. The number of hydrogen-bond acceptors (Lipinski definition) is 1. The second kappa shape index (κ2) is 6.17. The average molecular weight is 306 g/mol. The third-order valence-electron chi connectivity index (χ3n) is 3.67. The van der Waals surface area contributed by atoms with E-state index in [1.807, 2.05) is 61.5 Å². The molecule has 0 amide bonds. The first kappa shape index (κ1) is 14.6. The second-order valence-corrected chi connectivity index (χ2v) is 5.55. The Balaban J connectivity index is 2.13. The van der Waals surface area contributed by atoms with Crippen LogP contribution in [0.2, 0.25) is 0 Å². The van der Waals surface area contributed by atoms with Crippen LogP contribution in [0.15, 0.2) is 89.5 Å². The lowest BCUT2D eigenvalue weighted by molar-refractivity contribution is 1.50. The Bertz CT molecular complexity index is 796. The third kappa shape index (κ3) is 2.81. The van der Waals surface area contributed by atoms with Crippen molar-refractivity contribution < 1.29 is 0 Å². The highest BCUT2D eigenvalue weighted by Gasteiger charge is 2.16. The molecular formula is C20H16ClN. The maximum absolute atomic E-state index is 6.44. The molecule has 0 bridgehead atoms. The molecule has 0 fully saturated rings. The van der Waals surface area contributed by atoms with Gasteiger partial charge in [-0.05, 0) is 35.3 Å². The molecule has 0 radical (unpaired) electrons. The average Bonchev–Trinajstić information content (AvgIpc) is 2.66. The van der Waals surface area contributed by atoms with Crippen molar-refractivity contribution in [2.45, 2.75) is 6.92 Å².